The second-order valence-corrected chi connectivity index (χ2v) is 7.17. The van der Waals surface area contributed by atoms with Crippen molar-refractivity contribution < 1.29 is 9.18 Å². The number of aryl methyl sites for hydroxylation is 2. The Labute approximate surface area is 173 Å². The van der Waals surface area contributed by atoms with Crippen molar-refractivity contribution >= 4 is 22.6 Å². The maximum Gasteiger partial charge on any atom is 0.322 e. The predicted octanol–water partition coefficient (Wildman–Crippen LogP) is 4.01. The van der Waals surface area contributed by atoms with Crippen molar-refractivity contribution in [1.82, 2.24) is 25.1 Å². The highest BCUT2D eigenvalue weighted by atomic mass is 19.1. The summed E-state index contributed by atoms with van der Waals surface area (Å²) < 4.78 is 15.3. The Morgan fingerprint density at radius 2 is 2.03 bits per heavy atom. The number of urea groups is 1. The highest BCUT2D eigenvalue weighted by Crippen LogP contribution is 2.22. The molecule has 8 heteroatoms. The van der Waals surface area contributed by atoms with Gasteiger partial charge in [-0.25, -0.2) is 14.2 Å². The second kappa shape index (κ2) is 8.77. The van der Waals surface area contributed by atoms with Crippen LogP contribution in [0.5, 0.6) is 0 Å². The molecule has 2 amide bonds. The van der Waals surface area contributed by atoms with Crippen molar-refractivity contribution in [3.63, 3.8) is 0 Å². The SMILES string of the molecule is Cc1cncn1CCCNC(=O)N(Cc1ccc(F)cc1)c1ccc2cn[nH]c2c1. The third kappa shape index (κ3) is 4.48. The number of carbonyl (C=O) groups excluding carboxylic acids is 1. The maximum absolute atomic E-state index is 13.3. The van der Waals surface area contributed by atoms with Crippen LogP contribution in [0, 0.1) is 12.7 Å². The van der Waals surface area contributed by atoms with Gasteiger partial charge in [-0.1, -0.05) is 12.1 Å². The fraction of sp³-hybridized carbons (Fsp3) is 0.227. The van der Waals surface area contributed by atoms with Crippen LogP contribution in [-0.2, 0) is 13.1 Å². The molecule has 7 nitrogen and oxygen atoms in total. The molecule has 0 aliphatic heterocycles. The van der Waals surface area contributed by atoms with Crippen LogP contribution in [-0.4, -0.2) is 32.3 Å². The van der Waals surface area contributed by atoms with Crippen LogP contribution in [0.1, 0.15) is 17.7 Å². The van der Waals surface area contributed by atoms with E-state index in [1.165, 1.54) is 12.1 Å². The highest BCUT2D eigenvalue weighted by Gasteiger charge is 2.17. The van der Waals surface area contributed by atoms with E-state index in [1.54, 1.807) is 29.6 Å². The summed E-state index contributed by atoms with van der Waals surface area (Å²) >= 11 is 0. The van der Waals surface area contributed by atoms with E-state index < -0.39 is 0 Å². The molecule has 2 aromatic heterocycles. The molecule has 0 unspecified atom stereocenters. The average molecular weight is 406 g/mol. The van der Waals surface area contributed by atoms with Crippen molar-refractivity contribution in [2.75, 3.05) is 11.4 Å². The number of hydrogen-bond donors (Lipinski definition) is 2. The zero-order valence-electron chi connectivity index (χ0n) is 16.7. The van der Waals surface area contributed by atoms with Gasteiger partial charge in [0.1, 0.15) is 5.82 Å². The van der Waals surface area contributed by atoms with Crippen LogP contribution in [0.2, 0.25) is 0 Å². The first kappa shape index (κ1) is 19.6. The topological polar surface area (TPSA) is 78.8 Å². The summed E-state index contributed by atoms with van der Waals surface area (Å²) in [5.74, 6) is -0.302. The van der Waals surface area contributed by atoms with Crippen molar-refractivity contribution in [1.29, 1.82) is 0 Å². The van der Waals surface area contributed by atoms with Crippen LogP contribution in [0.25, 0.3) is 10.9 Å². The quantitative estimate of drug-likeness (QED) is 0.455. The van der Waals surface area contributed by atoms with Gasteiger partial charge in [0.15, 0.2) is 0 Å². The van der Waals surface area contributed by atoms with Crippen LogP contribution < -0.4 is 10.2 Å². The molecule has 0 fully saturated rings. The minimum atomic E-state index is -0.302. The monoisotopic (exact) mass is 406 g/mol. The summed E-state index contributed by atoms with van der Waals surface area (Å²) in [7, 11) is 0. The standard InChI is InChI=1S/C22H23FN6O/c1-16-12-24-15-28(16)10-2-9-25-22(30)29(14-17-3-6-19(23)7-4-17)20-8-5-18-13-26-27-21(18)11-20/h3-8,11-13,15H,2,9-10,14H2,1H3,(H,25,30)(H,26,27). The number of hydrogen-bond acceptors (Lipinski definition) is 3. The van der Waals surface area contributed by atoms with Crippen molar-refractivity contribution in [3.05, 3.63) is 78.3 Å². The third-order valence-corrected chi connectivity index (χ3v) is 5.01. The number of rotatable bonds is 7. The number of nitrogens with one attached hydrogen (secondary N) is 2. The Hall–Kier alpha value is -3.68. The van der Waals surface area contributed by atoms with Gasteiger partial charge < -0.3 is 9.88 Å². The molecule has 154 valence electrons. The average Bonchev–Trinajstić information content (AvgIpc) is 3.38. The lowest BCUT2D eigenvalue weighted by atomic mass is 10.1. The van der Waals surface area contributed by atoms with Crippen molar-refractivity contribution in [2.45, 2.75) is 26.4 Å². The minimum absolute atomic E-state index is 0.208. The Morgan fingerprint density at radius 3 is 2.80 bits per heavy atom. The predicted molar refractivity (Wildman–Crippen MR) is 114 cm³/mol. The molecular formula is C22H23FN6O. The van der Waals surface area contributed by atoms with Gasteiger partial charge in [0.05, 0.1) is 24.6 Å². The third-order valence-electron chi connectivity index (χ3n) is 5.01. The number of halogens is 1. The second-order valence-electron chi connectivity index (χ2n) is 7.17. The summed E-state index contributed by atoms with van der Waals surface area (Å²) in [5, 5.41) is 10.9. The maximum atomic E-state index is 13.3. The van der Waals surface area contributed by atoms with Crippen molar-refractivity contribution in [3.8, 4) is 0 Å². The number of imidazole rings is 1. The van der Waals surface area contributed by atoms with Crippen molar-refractivity contribution in [2.24, 2.45) is 0 Å². The van der Waals surface area contributed by atoms with Gasteiger partial charge in [0.25, 0.3) is 0 Å². The Balaban J connectivity index is 1.47. The smallest absolute Gasteiger partial charge is 0.322 e. The van der Waals surface area contributed by atoms with E-state index in [0.29, 0.717) is 13.1 Å². The fourth-order valence-electron chi connectivity index (χ4n) is 3.31. The summed E-state index contributed by atoms with van der Waals surface area (Å²) in [4.78, 5) is 18.8. The van der Waals surface area contributed by atoms with Gasteiger partial charge in [-0.15, -0.1) is 0 Å². The molecule has 0 spiro atoms. The van der Waals surface area contributed by atoms with Crippen LogP contribution in [0.4, 0.5) is 14.9 Å². The van der Waals surface area contributed by atoms with E-state index in [2.05, 4.69) is 25.1 Å². The molecule has 0 aliphatic rings. The normalized spacial score (nSPS) is 11.0. The van der Waals surface area contributed by atoms with E-state index in [-0.39, 0.29) is 11.8 Å². The summed E-state index contributed by atoms with van der Waals surface area (Å²) in [6.45, 7) is 3.64. The Kier molecular flexibility index (Phi) is 5.74. The molecule has 0 saturated carbocycles. The molecule has 30 heavy (non-hydrogen) atoms. The van der Waals surface area contributed by atoms with E-state index in [4.69, 9.17) is 0 Å². The molecule has 4 aromatic rings. The number of H-pyrrole nitrogens is 1. The first-order chi connectivity index (χ1) is 14.6. The van der Waals surface area contributed by atoms with Crippen LogP contribution >= 0.6 is 0 Å². The lowest BCUT2D eigenvalue weighted by Gasteiger charge is -2.23. The van der Waals surface area contributed by atoms with E-state index in [1.807, 2.05) is 31.3 Å². The van der Waals surface area contributed by atoms with Gasteiger partial charge in [-0.3, -0.25) is 10.00 Å². The fourth-order valence-corrected chi connectivity index (χ4v) is 3.31. The number of anilines is 1. The first-order valence-electron chi connectivity index (χ1n) is 9.80. The summed E-state index contributed by atoms with van der Waals surface area (Å²) in [6.07, 6.45) is 6.13. The zero-order valence-corrected chi connectivity index (χ0v) is 16.7. The summed E-state index contributed by atoms with van der Waals surface area (Å²) in [6, 6.07) is 11.7. The largest absolute Gasteiger partial charge is 0.338 e. The Bertz CT molecular complexity index is 1130. The molecule has 0 aliphatic carbocycles. The molecule has 0 saturated heterocycles. The van der Waals surface area contributed by atoms with Gasteiger partial charge in [-0.2, -0.15) is 5.10 Å². The van der Waals surface area contributed by atoms with Gasteiger partial charge >= 0.3 is 6.03 Å². The van der Waals surface area contributed by atoms with E-state index in [9.17, 15) is 9.18 Å². The molecule has 2 N–H and O–H groups in total. The zero-order chi connectivity index (χ0) is 20.9. The number of carbonyl (C=O) groups is 1. The van der Waals surface area contributed by atoms with E-state index in [0.717, 1.165) is 40.8 Å². The molecule has 0 bridgehead atoms. The van der Waals surface area contributed by atoms with Gasteiger partial charge in [0.2, 0.25) is 0 Å². The Morgan fingerprint density at radius 1 is 1.20 bits per heavy atom. The minimum Gasteiger partial charge on any atom is -0.338 e. The molecule has 0 radical (unpaired) electrons. The molecule has 4 rings (SSSR count). The highest BCUT2D eigenvalue weighted by molar-refractivity contribution is 5.94. The lowest BCUT2D eigenvalue weighted by molar-refractivity contribution is 0.245. The summed E-state index contributed by atoms with van der Waals surface area (Å²) in [5.41, 5.74) is 3.51. The number of benzene rings is 2. The number of nitrogens with zero attached hydrogens (tertiary/aromatic N) is 4. The first-order valence-corrected chi connectivity index (χ1v) is 9.80. The molecule has 2 heterocycles. The number of aromatic amines is 1. The van der Waals surface area contributed by atoms with Gasteiger partial charge in [0, 0.05) is 36.1 Å². The van der Waals surface area contributed by atoms with E-state index >= 15 is 0 Å². The van der Waals surface area contributed by atoms with Crippen LogP contribution in [0.3, 0.4) is 0 Å². The number of amides is 2. The molecule has 0 atom stereocenters. The number of fused-ring (bicyclic) bond motifs is 1. The lowest BCUT2D eigenvalue weighted by Crippen LogP contribution is -2.40. The van der Waals surface area contributed by atoms with Gasteiger partial charge in [-0.05, 0) is 49.2 Å². The molecular weight excluding hydrogens is 383 g/mol. The number of aromatic nitrogens is 4. The van der Waals surface area contributed by atoms with Crippen LogP contribution in [0.15, 0.2) is 61.2 Å². The molecule has 2 aromatic carbocycles.